The van der Waals surface area contributed by atoms with Crippen molar-refractivity contribution in [1.82, 2.24) is 0 Å². The molecule has 2 aliphatic heterocycles. The lowest BCUT2D eigenvalue weighted by atomic mass is 9.88. The number of hydrogen-bond donors (Lipinski definition) is 1. The molecule has 2 unspecified atom stereocenters. The number of rotatable bonds is 6. The zero-order valence-corrected chi connectivity index (χ0v) is 18.3. The zero-order valence-electron chi connectivity index (χ0n) is 18.3. The smallest absolute Gasteiger partial charge is 0.200 e. The molecule has 0 amide bonds. The molecule has 160 valence electrons. The molecule has 30 heavy (non-hydrogen) atoms. The van der Waals surface area contributed by atoms with Crippen LogP contribution in [0.5, 0.6) is 28.7 Å². The second kappa shape index (κ2) is 8.08. The van der Waals surface area contributed by atoms with Gasteiger partial charge in [0.25, 0.3) is 0 Å². The molecule has 2 aromatic rings. The molecule has 7 heteroatoms. The van der Waals surface area contributed by atoms with Crippen molar-refractivity contribution in [2.75, 3.05) is 42.7 Å². The maximum Gasteiger partial charge on any atom is 0.200 e. The summed E-state index contributed by atoms with van der Waals surface area (Å²) < 4.78 is 33.9. The van der Waals surface area contributed by atoms with Gasteiger partial charge in [-0.25, -0.2) is 0 Å². The third-order valence-corrected chi connectivity index (χ3v) is 5.97. The van der Waals surface area contributed by atoms with E-state index in [-0.39, 0.29) is 6.23 Å². The van der Waals surface area contributed by atoms with E-state index in [0.29, 0.717) is 18.0 Å². The molecule has 2 aromatic carbocycles. The molecule has 0 aliphatic carbocycles. The molecule has 7 nitrogen and oxygen atoms in total. The summed E-state index contributed by atoms with van der Waals surface area (Å²) in [5.41, 5.74) is 5.45. The monoisotopic (exact) mass is 414 g/mol. The van der Waals surface area contributed by atoms with Crippen LogP contribution in [0.4, 0.5) is 0 Å². The van der Waals surface area contributed by atoms with Crippen LogP contribution in [0, 0.1) is 0 Å². The lowest BCUT2D eigenvalue weighted by molar-refractivity contribution is -0.895. The summed E-state index contributed by atoms with van der Waals surface area (Å²) in [6.45, 7) is 0.685. The van der Waals surface area contributed by atoms with Crippen molar-refractivity contribution in [2.24, 2.45) is 0 Å². The Hall–Kier alpha value is -2.90. The first-order chi connectivity index (χ1) is 14.6. The Morgan fingerprint density at radius 1 is 0.767 bits per heavy atom. The van der Waals surface area contributed by atoms with Crippen LogP contribution in [-0.2, 0) is 17.7 Å². The highest BCUT2D eigenvalue weighted by Crippen LogP contribution is 2.43. The standard InChI is InChI=1S/C23H27NO6/c1-25-18-11-21(28-4)23(30-6)16-12-24-17(9-15(16)18)14-10-20(27-3)19(26-2)7-13(14)8-22(24)29-5/h7,9-11,22H,8,12H2,1-6H3/p+1. The van der Waals surface area contributed by atoms with Gasteiger partial charge in [0.15, 0.2) is 29.2 Å². The molecular formula is C23H28NO6+. The van der Waals surface area contributed by atoms with E-state index in [9.17, 15) is 0 Å². The van der Waals surface area contributed by atoms with Crippen molar-refractivity contribution in [3.05, 3.63) is 40.5 Å². The molecule has 0 saturated carbocycles. The van der Waals surface area contributed by atoms with Gasteiger partial charge in [-0.05, 0) is 17.7 Å². The van der Waals surface area contributed by atoms with E-state index in [1.165, 1.54) is 4.90 Å². The average Bonchev–Trinajstić information content (AvgIpc) is 2.80. The Bertz CT molecular complexity index is 1000. The van der Waals surface area contributed by atoms with Crippen LogP contribution in [0.15, 0.2) is 18.2 Å². The van der Waals surface area contributed by atoms with Crippen LogP contribution in [-0.4, -0.2) is 48.9 Å². The van der Waals surface area contributed by atoms with Crippen molar-refractivity contribution in [3.63, 3.8) is 0 Å². The van der Waals surface area contributed by atoms with Crippen molar-refractivity contribution in [3.8, 4) is 28.7 Å². The van der Waals surface area contributed by atoms with Gasteiger partial charge in [-0.15, -0.1) is 0 Å². The van der Waals surface area contributed by atoms with E-state index in [2.05, 4.69) is 6.08 Å². The highest BCUT2D eigenvalue weighted by atomic mass is 16.5. The first-order valence-electron chi connectivity index (χ1n) is 9.77. The lowest BCUT2D eigenvalue weighted by Gasteiger charge is -2.37. The van der Waals surface area contributed by atoms with Gasteiger partial charge in [0.05, 0.1) is 47.5 Å². The van der Waals surface area contributed by atoms with Crippen molar-refractivity contribution in [1.29, 1.82) is 0 Å². The number of benzene rings is 2. The molecule has 2 aliphatic rings. The fourth-order valence-corrected chi connectivity index (χ4v) is 4.51. The molecule has 0 fully saturated rings. The van der Waals surface area contributed by atoms with E-state index in [4.69, 9.17) is 28.4 Å². The molecule has 2 atom stereocenters. The highest BCUT2D eigenvalue weighted by molar-refractivity contribution is 5.85. The molecule has 0 saturated heterocycles. The van der Waals surface area contributed by atoms with Crippen LogP contribution in [0.2, 0.25) is 0 Å². The van der Waals surface area contributed by atoms with E-state index in [1.54, 1.807) is 42.7 Å². The van der Waals surface area contributed by atoms with Gasteiger partial charge in [0.1, 0.15) is 18.0 Å². The maximum absolute atomic E-state index is 5.90. The Balaban J connectivity index is 1.97. The Morgan fingerprint density at radius 2 is 1.43 bits per heavy atom. The quantitative estimate of drug-likeness (QED) is 0.782. The average molecular weight is 414 g/mol. The van der Waals surface area contributed by atoms with Gasteiger partial charge >= 0.3 is 0 Å². The van der Waals surface area contributed by atoms with Gasteiger partial charge in [-0.1, -0.05) is 0 Å². The summed E-state index contributed by atoms with van der Waals surface area (Å²) in [6, 6.07) is 5.95. The molecular weight excluding hydrogens is 386 g/mol. The van der Waals surface area contributed by atoms with E-state index in [1.807, 2.05) is 18.2 Å². The van der Waals surface area contributed by atoms with Crippen molar-refractivity contribution in [2.45, 2.75) is 19.2 Å². The number of fused-ring (bicyclic) bond motifs is 4. The Kier molecular flexibility index (Phi) is 5.49. The number of ether oxygens (including phenoxy) is 6. The first-order valence-corrected chi connectivity index (χ1v) is 9.77. The van der Waals surface area contributed by atoms with Crippen molar-refractivity contribution >= 4 is 11.8 Å². The minimum absolute atomic E-state index is 0.0445. The van der Waals surface area contributed by atoms with Crippen molar-refractivity contribution < 1.29 is 33.3 Å². The SMILES string of the molecule is COc1cc2c(cc1OC)C1=Cc3c(OC)cc(OC)c(OC)c3C[NH+]1C(OC)C2. The molecule has 0 spiro atoms. The van der Waals surface area contributed by atoms with Gasteiger partial charge in [-0.3, -0.25) is 4.90 Å². The summed E-state index contributed by atoms with van der Waals surface area (Å²) >= 11 is 0. The third-order valence-electron chi connectivity index (χ3n) is 5.97. The van der Waals surface area contributed by atoms with Crippen LogP contribution in [0.25, 0.3) is 11.8 Å². The van der Waals surface area contributed by atoms with E-state index < -0.39 is 0 Å². The molecule has 2 heterocycles. The summed E-state index contributed by atoms with van der Waals surface area (Å²) in [6.07, 6.45) is 2.87. The number of nitrogens with one attached hydrogen (secondary N) is 1. The van der Waals surface area contributed by atoms with E-state index in [0.717, 1.165) is 51.6 Å². The predicted octanol–water partition coefficient (Wildman–Crippen LogP) is 2.15. The van der Waals surface area contributed by atoms with Crippen LogP contribution < -0.4 is 28.6 Å². The number of methoxy groups -OCH3 is 6. The predicted molar refractivity (Wildman–Crippen MR) is 113 cm³/mol. The van der Waals surface area contributed by atoms with Crippen LogP contribution in [0.3, 0.4) is 0 Å². The number of quaternary nitrogens is 1. The summed E-state index contributed by atoms with van der Waals surface area (Å²) in [4.78, 5) is 1.21. The first kappa shape index (κ1) is 20.4. The van der Waals surface area contributed by atoms with Gasteiger partial charge in [-0.2, -0.15) is 0 Å². The van der Waals surface area contributed by atoms with Gasteiger partial charge in [0, 0.05) is 30.4 Å². The minimum atomic E-state index is -0.0445. The molecule has 4 rings (SSSR count). The van der Waals surface area contributed by atoms with Gasteiger partial charge < -0.3 is 28.4 Å². The normalized spacial score (nSPS) is 19.1. The molecule has 0 radical (unpaired) electrons. The molecule has 0 aromatic heterocycles. The Morgan fingerprint density at radius 3 is 2.03 bits per heavy atom. The molecule has 0 bridgehead atoms. The highest BCUT2D eigenvalue weighted by Gasteiger charge is 2.40. The maximum atomic E-state index is 5.90. The zero-order chi connectivity index (χ0) is 21.4. The second-order valence-corrected chi connectivity index (χ2v) is 7.26. The second-order valence-electron chi connectivity index (χ2n) is 7.26. The largest absolute Gasteiger partial charge is 0.496 e. The fourth-order valence-electron chi connectivity index (χ4n) is 4.51. The lowest BCUT2D eigenvalue weighted by Crippen LogP contribution is -3.13. The van der Waals surface area contributed by atoms with Gasteiger partial charge in [0.2, 0.25) is 0 Å². The third kappa shape index (κ3) is 3.05. The summed E-state index contributed by atoms with van der Waals surface area (Å²) in [5.74, 6) is 3.55. The van der Waals surface area contributed by atoms with E-state index >= 15 is 0 Å². The molecule has 1 N–H and O–H groups in total. The topological polar surface area (TPSA) is 59.8 Å². The minimum Gasteiger partial charge on any atom is -0.496 e. The van der Waals surface area contributed by atoms with Crippen LogP contribution >= 0.6 is 0 Å². The fraction of sp³-hybridized carbons (Fsp3) is 0.391. The Labute approximate surface area is 176 Å². The summed E-state index contributed by atoms with van der Waals surface area (Å²) in [7, 11) is 10.0. The number of hydrogen-bond acceptors (Lipinski definition) is 6. The van der Waals surface area contributed by atoms with Crippen LogP contribution in [0.1, 0.15) is 22.3 Å². The summed E-state index contributed by atoms with van der Waals surface area (Å²) in [5, 5.41) is 0.